The second-order valence-electron chi connectivity index (χ2n) is 6.84. The highest BCUT2D eigenvalue weighted by atomic mass is 35.5. The van der Waals surface area contributed by atoms with Crippen LogP contribution in [-0.2, 0) is 6.42 Å². The summed E-state index contributed by atoms with van der Waals surface area (Å²) in [4.78, 5) is 27.0. The molecular weight excluding hydrogens is 391 g/mol. The van der Waals surface area contributed by atoms with Gasteiger partial charge < -0.3 is 10.2 Å². The van der Waals surface area contributed by atoms with Gasteiger partial charge in [0.05, 0.1) is 5.56 Å². The third-order valence-corrected chi connectivity index (χ3v) is 5.16. The average Bonchev–Trinajstić information content (AvgIpc) is 2.74. The quantitative estimate of drug-likeness (QED) is 0.637. The molecule has 1 heterocycles. The maximum absolute atomic E-state index is 14.1. The summed E-state index contributed by atoms with van der Waals surface area (Å²) in [5, 5.41) is 3.43. The number of aryl methyl sites for hydroxylation is 1. The van der Waals surface area contributed by atoms with Gasteiger partial charge in [-0.2, -0.15) is 0 Å². The molecule has 0 saturated carbocycles. The first kappa shape index (κ1) is 19.2. The van der Waals surface area contributed by atoms with Crippen molar-refractivity contribution in [2.45, 2.75) is 12.8 Å². The number of halogens is 2. The van der Waals surface area contributed by atoms with Gasteiger partial charge in [0.1, 0.15) is 5.82 Å². The van der Waals surface area contributed by atoms with Crippen LogP contribution in [0.1, 0.15) is 32.7 Å². The molecule has 0 saturated heterocycles. The number of amides is 2. The molecule has 6 heteroatoms. The SMILES string of the molecule is O=C(Nc1ccc(Cl)cc1)c1ccc2c(c1)CCCN2C(=O)c1ccccc1F. The number of hydrogen-bond acceptors (Lipinski definition) is 2. The van der Waals surface area contributed by atoms with Crippen molar-refractivity contribution in [1.29, 1.82) is 0 Å². The van der Waals surface area contributed by atoms with Gasteiger partial charge in [-0.15, -0.1) is 0 Å². The molecule has 4 nitrogen and oxygen atoms in total. The zero-order valence-electron chi connectivity index (χ0n) is 15.5. The minimum absolute atomic E-state index is 0.0462. The molecule has 0 aliphatic carbocycles. The van der Waals surface area contributed by atoms with E-state index in [0.717, 1.165) is 18.4 Å². The van der Waals surface area contributed by atoms with Crippen LogP contribution in [0.5, 0.6) is 0 Å². The summed E-state index contributed by atoms with van der Waals surface area (Å²) in [5.41, 5.74) is 2.80. The van der Waals surface area contributed by atoms with E-state index in [1.807, 2.05) is 0 Å². The van der Waals surface area contributed by atoms with Crippen LogP contribution in [0.4, 0.5) is 15.8 Å². The average molecular weight is 409 g/mol. The lowest BCUT2D eigenvalue weighted by Gasteiger charge is -2.30. The highest BCUT2D eigenvalue weighted by molar-refractivity contribution is 6.30. The van der Waals surface area contributed by atoms with E-state index in [9.17, 15) is 14.0 Å². The Labute approximate surface area is 172 Å². The second kappa shape index (κ2) is 8.05. The normalized spacial score (nSPS) is 13.0. The van der Waals surface area contributed by atoms with Gasteiger partial charge in [0.25, 0.3) is 11.8 Å². The summed E-state index contributed by atoms with van der Waals surface area (Å²) in [7, 11) is 0. The zero-order valence-corrected chi connectivity index (χ0v) is 16.2. The summed E-state index contributed by atoms with van der Waals surface area (Å²) >= 11 is 5.87. The van der Waals surface area contributed by atoms with Gasteiger partial charge in [0.2, 0.25) is 0 Å². The largest absolute Gasteiger partial charge is 0.322 e. The van der Waals surface area contributed by atoms with Gasteiger partial charge in [-0.1, -0.05) is 23.7 Å². The Morgan fingerprint density at radius 1 is 1.00 bits per heavy atom. The fraction of sp³-hybridized carbons (Fsp3) is 0.130. The summed E-state index contributed by atoms with van der Waals surface area (Å²) in [6.45, 7) is 0.510. The first-order chi connectivity index (χ1) is 14.0. The van der Waals surface area contributed by atoms with Gasteiger partial charge in [0, 0.05) is 28.5 Å². The van der Waals surface area contributed by atoms with E-state index in [2.05, 4.69) is 5.32 Å². The highest BCUT2D eigenvalue weighted by Crippen LogP contribution is 2.30. The molecule has 1 aliphatic rings. The van der Waals surface area contributed by atoms with E-state index in [-0.39, 0.29) is 17.4 Å². The van der Waals surface area contributed by atoms with E-state index in [1.54, 1.807) is 59.5 Å². The fourth-order valence-electron chi connectivity index (χ4n) is 3.47. The molecule has 1 N–H and O–H groups in total. The number of rotatable bonds is 3. The molecular formula is C23H18ClFN2O2. The smallest absolute Gasteiger partial charge is 0.261 e. The van der Waals surface area contributed by atoms with Gasteiger partial charge in [0.15, 0.2) is 0 Å². The van der Waals surface area contributed by atoms with Gasteiger partial charge in [-0.3, -0.25) is 9.59 Å². The van der Waals surface area contributed by atoms with Crippen LogP contribution in [0.2, 0.25) is 5.02 Å². The van der Waals surface area contributed by atoms with E-state index < -0.39 is 5.82 Å². The predicted octanol–water partition coefficient (Wildman–Crippen LogP) is 5.32. The molecule has 3 aromatic carbocycles. The van der Waals surface area contributed by atoms with Crippen molar-refractivity contribution in [1.82, 2.24) is 0 Å². The molecule has 0 spiro atoms. The number of fused-ring (bicyclic) bond motifs is 1. The topological polar surface area (TPSA) is 49.4 Å². The van der Waals surface area contributed by atoms with Crippen molar-refractivity contribution < 1.29 is 14.0 Å². The number of nitrogens with one attached hydrogen (secondary N) is 1. The lowest BCUT2D eigenvalue weighted by molar-refractivity contribution is 0.0980. The molecule has 2 amide bonds. The predicted molar refractivity (Wildman–Crippen MR) is 112 cm³/mol. The maximum atomic E-state index is 14.1. The summed E-state index contributed by atoms with van der Waals surface area (Å²) < 4.78 is 14.1. The van der Waals surface area contributed by atoms with Gasteiger partial charge in [-0.25, -0.2) is 4.39 Å². The molecule has 29 heavy (non-hydrogen) atoms. The molecule has 0 bridgehead atoms. The standard InChI is InChI=1S/C23H18ClFN2O2/c24-17-8-10-18(11-9-17)26-22(28)16-7-12-21-15(14-16)4-3-13-27(21)23(29)19-5-1-2-6-20(19)25/h1-2,5-12,14H,3-4,13H2,(H,26,28). The first-order valence-electron chi connectivity index (χ1n) is 9.29. The second-order valence-corrected chi connectivity index (χ2v) is 7.28. The van der Waals surface area contributed by atoms with Crippen molar-refractivity contribution in [2.24, 2.45) is 0 Å². The van der Waals surface area contributed by atoms with Crippen molar-refractivity contribution in [3.8, 4) is 0 Å². The number of anilines is 2. The van der Waals surface area contributed by atoms with E-state index in [0.29, 0.717) is 28.5 Å². The molecule has 146 valence electrons. The van der Waals surface area contributed by atoms with Crippen LogP contribution in [0.3, 0.4) is 0 Å². The van der Waals surface area contributed by atoms with Crippen LogP contribution in [0.15, 0.2) is 66.7 Å². The number of nitrogens with zero attached hydrogens (tertiary/aromatic N) is 1. The monoisotopic (exact) mass is 408 g/mol. The number of carbonyl (C=O) groups excluding carboxylic acids is 2. The number of benzene rings is 3. The minimum Gasteiger partial charge on any atom is -0.322 e. The Balaban J connectivity index is 1.58. The van der Waals surface area contributed by atoms with Crippen molar-refractivity contribution in [2.75, 3.05) is 16.8 Å². The third-order valence-electron chi connectivity index (χ3n) is 4.91. The summed E-state index contributed by atoms with van der Waals surface area (Å²) in [6.07, 6.45) is 1.49. The Hall–Kier alpha value is -3.18. The van der Waals surface area contributed by atoms with Crippen LogP contribution < -0.4 is 10.2 Å². The molecule has 3 aromatic rings. The Bertz CT molecular complexity index is 1080. The van der Waals surface area contributed by atoms with Crippen molar-refractivity contribution in [3.05, 3.63) is 94.3 Å². The molecule has 0 aromatic heterocycles. The lowest BCUT2D eigenvalue weighted by atomic mass is 9.98. The molecule has 4 rings (SSSR count). The van der Waals surface area contributed by atoms with Gasteiger partial charge in [-0.05, 0) is 73.0 Å². The molecule has 0 radical (unpaired) electrons. The van der Waals surface area contributed by atoms with Crippen LogP contribution >= 0.6 is 11.6 Å². The zero-order chi connectivity index (χ0) is 20.4. The number of carbonyl (C=O) groups is 2. The first-order valence-corrected chi connectivity index (χ1v) is 9.67. The van der Waals surface area contributed by atoms with E-state index >= 15 is 0 Å². The van der Waals surface area contributed by atoms with E-state index in [1.165, 1.54) is 12.1 Å². The maximum Gasteiger partial charge on any atom is 0.261 e. The van der Waals surface area contributed by atoms with Crippen LogP contribution in [0.25, 0.3) is 0 Å². The van der Waals surface area contributed by atoms with Gasteiger partial charge >= 0.3 is 0 Å². The minimum atomic E-state index is -0.538. The number of hydrogen-bond donors (Lipinski definition) is 1. The Kier molecular flexibility index (Phi) is 5.32. The lowest BCUT2D eigenvalue weighted by Crippen LogP contribution is -2.36. The molecule has 0 fully saturated rings. The van der Waals surface area contributed by atoms with Crippen LogP contribution in [-0.4, -0.2) is 18.4 Å². The molecule has 1 aliphatic heterocycles. The van der Waals surface area contributed by atoms with Crippen molar-refractivity contribution in [3.63, 3.8) is 0 Å². The third kappa shape index (κ3) is 4.00. The molecule has 0 unspecified atom stereocenters. The summed E-state index contributed by atoms with van der Waals surface area (Å²) in [5.74, 6) is -1.15. The highest BCUT2D eigenvalue weighted by Gasteiger charge is 2.26. The van der Waals surface area contributed by atoms with Crippen LogP contribution in [0, 0.1) is 5.82 Å². The summed E-state index contributed by atoms with van der Waals surface area (Å²) in [6, 6.07) is 18.1. The fourth-order valence-corrected chi connectivity index (χ4v) is 3.59. The van der Waals surface area contributed by atoms with Crippen molar-refractivity contribution >= 4 is 34.8 Å². The van der Waals surface area contributed by atoms with E-state index in [4.69, 9.17) is 11.6 Å². The Morgan fingerprint density at radius 3 is 2.52 bits per heavy atom. The Morgan fingerprint density at radius 2 is 1.76 bits per heavy atom. The molecule has 0 atom stereocenters.